The van der Waals surface area contributed by atoms with Gasteiger partial charge in [-0.2, -0.15) is 0 Å². The Bertz CT molecular complexity index is 973. The predicted molar refractivity (Wildman–Crippen MR) is 91.1 cm³/mol. The van der Waals surface area contributed by atoms with Crippen LogP contribution in [0.15, 0.2) is 60.1 Å². The molecule has 24 heavy (non-hydrogen) atoms. The number of benzene rings is 2. The van der Waals surface area contributed by atoms with E-state index >= 15 is 0 Å². The van der Waals surface area contributed by atoms with Gasteiger partial charge in [0.25, 0.3) is 0 Å². The monoisotopic (exact) mass is 342 g/mol. The number of hydrogen-bond donors (Lipinski definition) is 2. The topological polar surface area (TPSA) is 91.0 Å². The summed E-state index contributed by atoms with van der Waals surface area (Å²) in [4.78, 5) is 28.1. The molecule has 7 nitrogen and oxygen atoms in total. The number of nitrogens with zero attached hydrogens (tertiary/aromatic N) is 4. The highest BCUT2D eigenvalue weighted by Crippen LogP contribution is 2.45. The zero-order chi connectivity index (χ0) is 16.7. The Balaban J connectivity index is 1.75. The van der Waals surface area contributed by atoms with Gasteiger partial charge >= 0.3 is 7.75 Å². The molecule has 2 aromatic carbocycles. The van der Waals surface area contributed by atoms with E-state index in [0.717, 1.165) is 26.7 Å². The quantitative estimate of drug-likeness (QED) is 0.711. The van der Waals surface area contributed by atoms with Gasteiger partial charge in [0.05, 0.1) is 12.0 Å². The lowest BCUT2D eigenvalue weighted by Gasteiger charge is -2.25. The number of rotatable bonds is 4. The van der Waals surface area contributed by atoms with Crippen LogP contribution < -0.4 is 0 Å². The molecule has 2 heterocycles. The summed E-state index contributed by atoms with van der Waals surface area (Å²) >= 11 is 0. The van der Waals surface area contributed by atoms with Crippen LogP contribution in [0.1, 0.15) is 5.56 Å². The Labute approximate surface area is 138 Å². The highest BCUT2D eigenvalue weighted by Gasteiger charge is 2.33. The van der Waals surface area contributed by atoms with E-state index in [1.807, 2.05) is 36.4 Å². The molecule has 0 atom stereocenters. The maximum atomic E-state index is 12.1. The smallest absolute Gasteiger partial charge is 0.336 e. The molecule has 1 aromatic heterocycles. The van der Waals surface area contributed by atoms with E-state index in [2.05, 4.69) is 9.98 Å². The van der Waals surface area contributed by atoms with E-state index in [1.165, 1.54) is 0 Å². The summed E-state index contributed by atoms with van der Waals surface area (Å²) in [6.07, 6.45) is 5.00. The summed E-state index contributed by atoms with van der Waals surface area (Å²) in [6.45, 7) is 0.528. The molecule has 1 aliphatic heterocycles. The zero-order valence-electron chi connectivity index (χ0n) is 12.6. The zero-order valence-corrected chi connectivity index (χ0v) is 13.5. The van der Waals surface area contributed by atoms with Crippen LogP contribution in [0.5, 0.6) is 0 Å². The highest BCUT2D eigenvalue weighted by atomic mass is 31.2. The third-order valence-corrected chi connectivity index (χ3v) is 5.06. The van der Waals surface area contributed by atoms with E-state index < -0.39 is 7.75 Å². The molecule has 0 saturated carbocycles. The van der Waals surface area contributed by atoms with Crippen LogP contribution in [-0.4, -0.2) is 36.4 Å². The third-order valence-electron chi connectivity index (χ3n) is 4.04. The van der Waals surface area contributed by atoms with Crippen LogP contribution in [0.4, 0.5) is 5.69 Å². The Morgan fingerprint density at radius 1 is 1.17 bits per heavy atom. The number of hydrogen-bond acceptors (Lipinski definition) is 3. The fraction of sp³-hybridized carbons (Fsp3) is 0.125. The van der Waals surface area contributed by atoms with Crippen molar-refractivity contribution >= 4 is 30.0 Å². The molecular weight excluding hydrogens is 327 g/mol. The summed E-state index contributed by atoms with van der Waals surface area (Å²) in [5.74, 6) is 0.315. The summed E-state index contributed by atoms with van der Waals surface area (Å²) in [5.41, 5.74) is 1.48. The van der Waals surface area contributed by atoms with E-state index in [-0.39, 0.29) is 6.54 Å². The summed E-state index contributed by atoms with van der Waals surface area (Å²) in [7, 11) is -4.51. The van der Waals surface area contributed by atoms with Crippen LogP contribution in [-0.2, 0) is 11.1 Å². The molecule has 122 valence electrons. The molecule has 8 heteroatoms. The Morgan fingerprint density at radius 2 is 1.96 bits per heavy atom. The Hall–Kier alpha value is -2.47. The number of aromatic nitrogens is 2. The van der Waals surface area contributed by atoms with Crippen LogP contribution >= 0.6 is 7.75 Å². The molecule has 0 bridgehead atoms. The normalized spacial score (nSPS) is 13.3. The Morgan fingerprint density at radius 3 is 2.67 bits per heavy atom. The first-order valence-corrected chi connectivity index (χ1v) is 9.01. The van der Waals surface area contributed by atoms with E-state index in [1.54, 1.807) is 23.3 Å². The van der Waals surface area contributed by atoms with Crippen molar-refractivity contribution in [3.8, 4) is 0 Å². The average Bonchev–Trinajstić information content (AvgIpc) is 3.17. The maximum absolute atomic E-state index is 12.1. The second-order valence-corrected chi connectivity index (χ2v) is 7.06. The van der Waals surface area contributed by atoms with E-state index in [0.29, 0.717) is 12.4 Å². The molecule has 0 amide bonds. The molecule has 3 aromatic rings. The first-order valence-electron chi connectivity index (χ1n) is 7.44. The van der Waals surface area contributed by atoms with Gasteiger partial charge in [-0.1, -0.05) is 30.3 Å². The molecule has 4 rings (SSSR count). The van der Waals surface area contributed by atoms with Gasteiger partial charge in [-0.25, -0.2) is 14.5 Å². The molecule has 0 radical (unpaired) electrons. The fourth-order valence-corrected chi connectivity index (χ4v) is 3.71. The van der Waals surface area contributed by atoms with Gasteiger partial charge in [-0.05, 0) is 11.5 Å². The fourth-order valence-electron chi connectivity index (χ4n) is 2.96. The van der Waals surface area contributed by atoms with Crippen molar-refractivity contribution in [1.29, 1.82) is 0 Å². The van der Waals surface area contributed by atoms with Crippen molar-refractivity contribution in [3.05, 3.63) is 60.7 Å². The van der Waals surface area contributed by atoms with Gasteiger partial charge in [-0.15, -0.1) is 0 Å². The third kappa shape index (κ3) is 2.53. The van der Waals surface area contributed by atoms with Crippen LogP contribution in [0.25, 0.3) is 10.8 Å². The van der Waals surface area contributed by atoms with Crippen molar-refractivity contribution in [2.24, 2.45) is 4.99 Å². The first kappa shape index (κ1) is 15.1. The molecule has 0 unspecified atom stereocenters. The SMILES string of the molecule is O=P(O)(O)N(CCn1ccnc1)C1=Nc2cccc3cccc1c23. The van der Waals surface area contributed by atoms with Gasteiger partial charge in [-0.3, -0.25) is 4.67 Å². The minimum atomic E-state index is -4.51. The minimum absolute atomic E-state index is 0.129. The van der Waals surface area contributed by atoms with Crippen LogP contribution in [0.2, 0.25) is 0 Å². The molecular formula is C16H15N4O3P. The first-order chi connectivity index (χ1) is 11.5. The average molecular weight is 342 g/mol. The second-order valence-electron chi connectivity index (χ2n) is 5.55. The lowest BCUT2D eigenvalue weighted by Crippen LogP contribution is -2.31. The van der Waals surface area contributed by atoms with E-state index in [4.69, 9.17) is 0 Å². The summed E-state index contributed by atoms with van der Waals surface area (Å²) in [6, 6.07) is 11.4. The van der Waals surface area contributed by atoms with Gasteiger partial charge in [0, 0.05) is 36.4 Å². The number of amidine groups is 1. The lowest BCUT2D eigenvalue weighted by atomic mass is 10.0. The highest BCUT2D eigenvalue weighted by molar-refractivity contribution is 7.50. The van der Waals surface area contributed by atoms with Crippen molar-refractivity contribution in [2.45, 2.75) is 6.54 Å². The van der Waals surface area contributed by atoms with Gasteiger partial charge < -0.3 is 14.4 Å². The van der Waals surface area contributed by atoms with Crippen molar-refractivity contribution in [1.82, 2.24) is 14.2 Å². The molecule has 0 saturated heterocycles. The van der Waals surface area contributed by atoms with Crippen molar-refractivity contribution in [3.63, 3.8) is 0 Å². The predicted octanol–water partition coefficient (Wildman–Crippen LogP) is 2.52. The molecule has 0 fully saturated rings. The molecule has 0 spiro atoms. The van der Waals surface area contributed by atoms with Crippen molar-refractivity contribution in [2.75, 3.05) is 6.54 Å². The van der Waals surface area contributed by atoms with Gasteiger partial charge in [0.1, 0.15) is 5.84 Å². The second kappa shape index (κ2) is 5.56. The van der Waals surface area contributed by atoms with E-state index in [9.17, 15) is 14.4 Å². The summed E-state index contributed by atoms with van der Waals surface area (Å²) < 4.78 is 14.9. The van der Waals surface area contributed by atoms with Gasteiger partial charge in [0.15, 0.2) is 0 Å². The molecule has 2 N–H and O–H groups in total. The molecule has 0 aliphatic carbocycles. The largest absolute Gasteiger partial charge is 0.431 e. The van der Waals surface area contributed by atoms with Crippen LogP contribution in [0.3, 0.4) is 0 Å². The number of imidazole rings is 1. The van der Waals surface area contributed by atoms with Gasteiger partial charge in [0.2, 0.25) is 0 Å². The minimum Gasteiger partial charge on any atom is -0.336 e. The molecule has 1 aliphatic rings. The Kier molecular flexibility index (Phi) is 3.49. The lowest BCUT2D eigenvalue weighted by molar-refractivity contribution is 0.312. The number of aliphatic imine (C=N–C) groups is 1. The van der Waals surface area contributed by atoms with Crippen molar-refractivity contribution < 1.29 is 14.4 Å². The maximum Gasteiger partial charge on any atom is 0.431 e. The standard InChI is InChI=1S/C16H15N4O3P/c21-24(22,23)20(10-9-19-8-7-17-11-19)16-13-5-1-3-12-4-2-6-14(18-16)15(12)13/h1-8,11H,9-10H2,(H2,21,22,23). The summed E-state index contributed by atoms with van der Waals surface area (Å²) in [5, 5.41) is 1.93. The van der Waals surface area contributed by atoms with Crippen LogP contribution in [0, 0.1) is 0 Å².